The maximum absolute atomic E-state index is 14.0. The lowest BCUT2D eigenvalue weighted by Gasteiger charge is -2.24. The van der Waals surface area contributed by atoms with Crippen LogP contribution in [0.15, 0.2) is 87.1 Å². The third kappa shape index (κ3) is 6.50. The molecule has 6 nitrogen and oxygen atoms in total. The van der Waals surface area contributed by atoms with Crippen molar-refractivity contribution in [3.05, 3.63) is 100 Å². The number of carbonyl (C=O) groups is 1. The Labute approximate surface area is 253 Å². The summed E-state index contributed by atoms with van der Waals surface area (Å²) in [7, 11) is 0. The van der Waals surface area contributed by atoms with Gasteiger partial charge in [0.05, 0.1) is 12.2 Å². The topological polar surface area (TPSA) is 78.6 Å². The number of phenols is 1. The van der Waals surface area contributed by atoms with Gasteiger partial charge in [0.15, 0.2) is 0 Å². The minimum atomic E-state index is -0.284. The monoisotopic (exact) mass is 603 g/mol. The Bertz CT molecular complexity index is 1680. The van der Waals surface area contributed by atoms with Crippen LogP contribution in [0.4, 0.5) is 10.5 Å². The summed E-state index contributed by atoms with van der Waals surface area (Å²) in [5.74, 6) is 0.835. The van der Waals surface area contributed by atoms with Crippen LogP contribution in [0.5, 0.6) is 5.75 Å². The molecule has 2 amide bonds. The van der Waals surface area contributed by atoms with Crippen LogP contribution in [0.25, 0.3) is 22.1 Å². The second-order valence-corrected chi connectivity index (χ2v) is 11.8. The van der Waals surface area contributed by atoms with Crippen LogP contribution in [0.1, 0.15) is 22.6 Å². The third-order valence-corrected chi connectivity index (χ3v) is 8.40. The number of fused-ring (bicyclic) bond motifs is 1. The second kappa shape index (κ2) is 12.5. The molecule has 0 aliphatic rings. The number of hydrogen-bond donors (Lipinski definition) is 2. The molecule has 2 heterocycles. The molecule has 0 saturated heterocycles. The molecular formula is C32H30ClN3O3S2. The van der Waals surface area contributed by atoms with E-state index in [0.29, 0.717) is 23.0 Å². The molecule has 3 aromatic carbocycles. The second-order valence-electron chi connectivity index (χ2n) is 9.71. The molecule has 0 bridgehead atoms. The van der Waals surface area contributed by atoms with E-state index in [1.54, 1.807) is 28.8 Å². The van der Waals surface area contributed by atoms with Crippen LogP contribution in [0.2, 0.25) is 5.02 Å². The van der Waals surface area contributed by atoms with Crippen molar-refractivity contribution in [2.75, 3.05) is 17.8 Å². The van der Waals surface area contributed by atoms with Gasteiger partial charge in [-0.05, 0) is 80.0 Å². The standard InChI is InChI=1S/C32H30ClN3O3S2/c1-19-5-14-26-25(15-19)29(22-8-10-23(33)11-9-22)27(39-26)18-36(17-21-6-12-24(37)13-7-21)32(38)35-30-28(40-3)16-20(2)34-31(30)41-4/h5-16,37H,17-18H2,1-4H3,(H,35,38). The predicted molar refractivity (Wildman–Crippen MR) is 170 cm³/mol. The Hall–Kier alpha value is -3.59. The Balaban J connectivity index is 1.58. The molecular weight excluding hydrogens is 574 g/mol. The van der Waals surface area contributed by atoms with E-state index in [9.17, 15) is 9.90 Å². The Morgan fingerprint density at radius 1 is 0.976 bits per heavy atom. The maximum Gasteiger partial charge on any atom is 0.322 e. The van der Waals surface area contributed by atoms with Gasteiger partial charge in [-0.15, -0.1) is 23.5 Å². The normalized spacial score (nSPS) is 11.1. The van der Waals surface area contributed by atoms with E-state index in [4.69, 9.17) is 16.0 Å². The number of aromatic nitrogens is 1. The summed E-state index contributed by atoms with van der Waals surface area (Å²) in [5, 5.41) is 15.3. The first-order valence-corrected chi connectivity index (χ1v) is 15.8. The number of pyridine rings is 1. The lowest BCUT2D eigenvalue weighted by atomic mass is 10.0. The van der Waals surface area contributed by atoms with Gasteiger partial charge in [0, 0.05) is 33.1 Å². The molecule has 0 aliphatic carbocycles. The van der Waals surface area contributed by atoms with E-state index in [2.05, 4.69) is 16.4 Å². The van der Waals surface area contributed by atoms with Crippen molar-refractivity contribution in [2.24, 2.45) is 0 Å². The summed E-state index contributed by atoms with van der Waals surface area (Å²) in [5.41, 5.74) is 6.19. The van der Waals surface area contributed by atoms with E-state index in [0.717, 1.165) is 48.8 Å². The summed E-state index contributed by atoms with van der Waals surface area (Å²) >= 11 is 9.27. The van der Waals surface area contributed by atoms with Crippen molar-refractivity contribution in [1.82, 2.24) is 9.88 Å². The number of amides is 2. The lowest BCUT2D eigenvalue weighted by Crippen LogP contribution is -2.34. The van der Waals surface area contributed by atoms with Crippen molar-refractivity contribution >= 4 is 57.8 Å². The first-order chi connectivity index (χ1) is 19.7. The molecule has 0 fully saturated rings. The molecule has 9 heteroatoms. The van der Waals surface area contributed by atoms with Gasteiger partial charge in [-0.25, -0.2) is 9.78 Å². The summed E-state index contributed by atoms with van der Waals surface area (Å²) < 4.78 is 6.42. The van der Waals surface area contributed by atoms with E-state index in [-0.39, 0.29) is 18.3 Å². The van der Waals surface area contributed by atoms with Gasteiger partial charge in [0.2, 0.25) is 0 Å². The summed E-state index contributed by atoms with van der Waals surface area (Å²) in [4.78, 5) is 21.3. The predicted octanol–water partition coefficient (Wildman–Crippen LogP) is 9.15. The Morgan fingerprint density at radius 2 is 1.71 bits per heavy atom. The number of nitrogens with one attached hydrogen (secondary N) is 1. The molecule has 210 valence electrons. The van der Waals surface area contributed by atoms with Crippen LogP contribution in [0.3, 0.4) is 0 Å². The average Bonchev–Trinajstić information content (AvgIpc) is 3.31. The highest BCUT2D eigenvalue weighted by atomic mass is 35.5. The van der Waals surface area contributed by atoms with Gasteiger partial charge in [-0.2, -0.15) is 0 Å². The first kappa shape index (κ1) is 28.9. The van der Waals surface area contributed by atoms with Crippen molar-refractivity contribution < 1.29 is 14.3 Å². The largest absolute Gasteiger partial charge is 0.508 e. The van der Waals surface area contributed by atoms with Gasteiger partial charge in [-0.3, -0.25) is 0 Å². The van der Waals surface area contributed by atoms with E-state index >= 15 is 0 Å². The molecule has 5 rings (SSSR count). The number of thioether (sulfide) groups is 2. The van der Waals surface area contributed by atoms with E-state index in [1.165, 1.54) is 11.8 Å². The molecule has 5 aromatic rings. The highest BCUT2D eigenvalue weighted by Crippen LogP contribution is 2.38. The highest BCUT2D eigenvalue weighted by Gasteiger charge is 2.24. The zero-order valence-corrected chi connectivity index (χ0v) is 25.6. The van der Waals surface area contributed by atoms with E-state index in [1.807, 2.05) is 81.0 Å². The first-order valence-electron chi connectivity index (χ1n) is 13.0. The number of carbonyl (C=O) groups excluding carboxylic acids is 1. The van der Waals surface area contributed by atoms with Crippen LogP contribution >= 0.6 is 35.1 Å². The summed E-state index contributed by atoms with van der Waals surface area (Å²) in [6.07, 6.45) is 3.93. The van der Waals surface area contributed by atoms with E-state index < -0.39 is 0 Å². The number of aryl methyl sites for hydroxylation is 2. The Morgan fingerprint density at radius 3 is 2.39 bits per heavy atom. The number of phenolic OH excluding ortho intramolecular Hbond substituents is 1. The quantitative estimate of drug-likeness (QED) is 0.172. The lowest BCUT2D eigenvalue weighted by molar-refractivity contribution is 0.202. The molecule has 0 spiro atoms. The molecule has 41 heavy (non-hydrogen) atoms. The number of urea groups is 1. The number of benzene rings is 3. The molecule has 0 atom stereocenters. The number of aromatic hydroxyl groups is 1. The van der Waals surface area contributed by atoms with Crippen molar-refractivity contribution in [1.29, 1.82) is 0 Å². The SMILES string of the molecule is CSc1cc(C)nc(SC)c1NC(=O)N(Cc1ccc(O)cc1)Cc1oc2ccc(C)cc2c1-c1ccc(Cl)cc1. The van der Waals surface area contributed by atoms with Crippen molar-refractivity contribution in [3.8, 4) is 16.9 Å². The van der Waals surface area contributed by atoms with Gasteiger partial charge in [-0.1, -0.05) is 47.5 Å². The molecule has 0 saturated carbocycles. The zero-order chi connectivity index (χ0) is 29.1. The van der Waals surface area contributed by atoms with Gasteiger partial charge in [0.1, 0.15) is 22.1 Å². The maximum atomic E-state index is 14.0. The minimum absolute atomic E-state index is 0.169. The minimum Gasteiger partial charge on any atom is -0.508 e. The van der Waals surface area contributed by atoms with Gasteiger partial charge in [0.25, 0.3) is 0 Å². The fourth-order valence-corrected chi connectivity index (χ4v) is 6.16. The summed E-state index contributed by atoms with van der Waals surface area (Å²) in [6, 6.07) is 22.3. The molecule has 0 unspecified atom stereocenters. The molecule has 0 radical (unpaired) electrons. The van der Waals surface area contributed by atoms with Crippen LogP contribution in [0, 0.1) is 13.8 Å². The molecule has 2 aromatic heterocycles. The molecule has 2 N–H and O–H groups in total. The average molecular weight is 604 g/mol. The number of furan rings is 1. The summed E-state index contributed by atoms with van der Waals surface area (Å²) in [6.45, 7) is 4.50. The fraction of sp³-hybridized carbons (Fsp3) is 0.188. The Kier molecular flexibility index (Phi) is 8.82. The van der Waals surface area contributed by atoms with Crippen molar-refractivity contribution in [3.63, 3.8) is 0 Å². The third-order valence-electron chi connectivity index (χ3n) is 6.70. The number of halogens is 1. The number of nitrogens with zero attached hydrogens (tertiary/aromatic N) is 2. The number of rotatable bonds is 8. The highest BCUT2D eigenvalue weighted by molar-refractivity contribution is 7.99. The van der Waals surface area contributed by atoms with Crippen molar-refractivity contribution in [2.45, 2.75) is 36.9 Å². The zero-order valence-electron chi connectivity index (χ0n) is 23.2. The van der Waals surface area contributed by atoms with Crippen LogP contribution in [-0.2, 0) is 13.1 Å². The smallest absolute Gasteiger partial charge is 0.322 e. The number of hydrogen-bond acceptors (Lipinski definition) is 6. The van der Waals surface area contributed by atoms with Gasteiger partial charge < -0.3 is 19.7 Å². The number of anilines is 1. The van der Waals surface area contributed by atoms with Crippen LogP contribution in [-0.4, -0.2) is 33.5 Å². The fourth-order valence-electron chi connectivity index (χ4n) is 4.73. The molecule has 0 aliphatic heterocycles. The van der Waals surface area contributed by atoms with Gasteiger partial charge >= 0.3 is 6.03 Å². The van der Waals surface area contributed by atoms with Crippen LogP contribution < -0.4 is 5.32 Å².